The Morgan fingerprint density at radius 2 is 1.91 bits per heavy atom. The molecule has 1 aliphatic rings. The summed E-state index contributed by atoms with van der Waals surface area (Å²) in [6.07, 6.45) is -1.92. The molecule has 186 valence electrons. The molecule has 0 bridgehead atoms. The number of aliphatic carboxylic acids is 1. The molecule has 0 radical (unpaired) electrons. The smallest absolute Gasteiger partial charge is 0.417 e. The van der Waals surface area contributed by atoms with Gasteiger partial charge in [0.15, 0.2) is 0 Å². The van der Waals surface area contributed by atoms with Crippen LogP contribution < -0.4 is 10.2 Å². The van der Waals surface area contributed by atoms with Gasteiger partial charge in [0.2, 0.25) is 0 Å². The van der Waals surface area contributed by atoms with Crippen LogP contribution in [0.3, 0.4) is 0 Å². The highest BCUT2D eigenvalue weighted by atomic mass is 19.4. The molecule has 1 aromatic carbocycles. The highest BCUT2D eigenvalue weighted by Gasteiger charge is 2.31. The molecular formula is C25H32F3N3O3. The summed E-state index contributed by atoms with van der Waals surface area (Å²) in [5.41, 5.74) is 1.62. The number of rotatable bonds is 9. The number of alkyl halides is 3. The lowest BCUT2D eigenvalue weighted by molar-refractivity contribution is -0.138. The molecule has 1 atom stereocenters. The molecule has 3 rings (SSSR count). The zero-order valence-corrected chi connectivity index (χ0v) is 19.7. The zero-order valence-electron chi connectivity index (χ0n) is 19.7. The summed E-state index contributed by atoms with van der Waals surface area (Å²) < 4.78 is 44.4. The molecule has 2 N–H and O–H groups in total. The van der Waals surface area contributed by atoms with Crippen LogP contribution in [0.15, 0.2) is 36.5 Å². The lowest BCUT2D eigenvalue weighted by atomic mass is 9.95. The van der Waals surface area contributed by atoms with Crippen molar-refractivity contribution < 1.29 is 27.8 Å². The lowest BCUT2D eigenvalue weighted by Gasteiger charge is -2.38. The van der Waals surface area contributed by atoms with Crippen molar-refractivity contribution in [1.29, 1.82) is 0 Å². The molecule has 1 aromatic heterocycles. The Morgan fingerprint density at radius 3 is 2.47 bits per heavy atom. The monoisotopic (exact) mass is 479 g/mol. The third kappa shape index (κ3) is 6.85. The Balaban J connectivity index is 2.00. The van der Waals surface area contributed by atoms with Gasteiger partial charge in [-0.2, -0.15) is 13.2 Å². The number of nitrogens with zero attached hydrogens (tertiary/aromatic N) is 2. The minimum atomic E-state index is -4.46. The average Bonchev–Trinajstić information content (AvgIpc) is 2.77. The molecule has 0 saturated carbocycles. The number of ether oxygens (including phenoxy) is 1. The molecule has 6 nitrogen and oxygen atoms in total. The second-order valence-corrected chi connectivity index (χ2v) is 9.22. The maximum Gasteiger partial charge on any atom is 0.417 e. The molecule has 9 heteroatoms. The predicted molar refractivity (Wildman–Crippen MR) is 126 cm³/mol. The fourth-order valence-corrected chi connectivity index (χ4v) is 4.20. The summed E-state index contributed by atoms with van der Waals surface area (Å²) in [5.74, 6) is -0.451. The first kappa shape index (κ1) is 25.8. The van der Waals surface area contributed by atoms with Crippen LogP contribution in [0.4, 0.5) is 30.4 Å². The van der Waals surface area contributed by atoms with Crippen molar-refractivity contribution in [2.45, 2.75) is 58.2 Å². The van der Waals surface area contributed by atoms with Crippen molar-refractivity contribution in [2.75, 3.05) is 30.0 Å². The number of halogens is 3. The van der Waals surface area contributed by atoms with Crippen molar-refractivity contribution in [3.8, 4) is 0 Å². The first-order valence-electron chi connectivity index (χ1n) is 11.5. The molecule has 0 spiro atoms. The number of pyridine rings is 1. The standard InChI is InChI=1S/C25H32F3N3O3/c1-16(2)15-31(20-8-10-34-11-9-20)22-6-4-18(17(3)12-24(32)33)13-21(22)30-23-7-5-19(14-29-23)25(26,27)28/h4-7,13-14,16-17,20H,8-12,15H2,1-3H3,(H,29,30)(H,32,33)/t17-/m1/s1. The highest BCUT2D eigenvalue weighted by Crippen LogP contribution is 2.36. The summed E-state index contributed by atoms with van der Waals surface area (Å²) in [6, 6.07) is 8.35. The summed E-state index contributed by atoms with van der Waals surface area (Å²) in [7, 11) is 0. The number of hydrogen-bond donors (Lipinski definition) is 2. The molecule has 0 unspecified atom stereocenters. The SMILES string of the molecule is CC(C)CN(c1ccc([C@H](C)CC(=O)O)cc1Nc1ccc(C(F)(F)F)cn1)C1CCOCC1. The Bertz CT molecular complexity index is 958. The van der Waals surface area contributed by atoms with Crippen LogP contribution >= 0.6 is 0 Å². The van der Waals surface area contributed by atoms with E-state index in [0.717, 1.165) is 42.9 Å². The number of hydrogen-bond acceptors (Lipinski definition) is 5. The zero-order chi connectivity index (χ0) is 24.9. The maximum atomic E-state index is 13.0. The van der Waals surface area contributed by atoms with Crippen molar-refractivity contribution in [3.05, 3.63) is 47.7 Å². The average molecular weight is 480 g/mol. The van der Waals surface area contributed by atoms with E-state index in [1.54, 1.807) is 0 Å². The third-order valence-electron chi connectivity index (χ3n) is 5.93. The van der Waals surface area contributed by atoms with Crippen LogP contribution in [0, 0.1) is 5.92 Å². The molecule has 1 fully saturated rings. The number of anilines is 3. The fourth-order valence-electron chi connectivity index (χ4n) is 4.20. The molecule has 2 heterocycles. The Hall–Kier alpha value is -2.81. The number of benzene rings is 1. The molecule has 0 aliphatic carbocycles. The van der Waals surface area contributed by atoms with Crippen LogP contribution in [-0.2, 0) is 15.7 Å². The van der Waals surface area contributed by atoms with Crippen LogP contribution in [-0.4, -0.2) is 41.9 Å². The first-order valence-corrected chi connectivity index (χ1v) is 11.5. The van der Waals surface area contributed by atoms with Gasteiger partial charge in [0.25, 0.3) is 0 Å². The van der Waals surface area contributed by atoms with Gasteiger partial charge in [-0.25, -0.2) is 4.98 Å². The predicted octanol–water partition coefficient (Wildman–Crippen LogP) is 6.06. The van der Waals surface area contributed by atoms with E-state index >= 15 is 0 Å². The van der Waals surface area contributed by atoms with E-state index in [9.17, 15) is 23.1 Å². The maximum absolute atomic E-state index is 13.0. The van der Waals surface area contributed by atoms with Gasteiger partial charge in [-0.05, 0) is 54.5 Å². The van der Waals surface area contributed by atoms with Crippen molar-refractivity contribution in [2.24, 2.45) is 5.92 Å². The van der Waals surface area contributed by atoms with E-state index in [4.69, 9.17) is 4.74 Å². The first-order chi connectivity index (χ1) is 16.0. The van der Waals surface area contributed by atoms with E-state index in [-0.39, 0.29) is 24.2 Å². The number of nitrogens with one attached hydrogen (secondary N) is 1. The summed E-state index contributed by atoms with van der Waals surface area (Å²) >= 11 is 0. The van der Waals surface area contributed by atoms with Gasteiger partial charge in [-0.3, -0.25) is 4.79 Å². The van der Waals surface area contributed by atoms with Crippen molar-refractivity contribution >= 4 is 23.2 Å². The molecule has 2 aromatic rings. The molecule has 34 heavy (non-hydrogen) atoms. The van der Waals surface area contributed by atoms with E-state index in [1.165, 1.54) is 6.07 Å². The van der Waals surface area contributed by atoms with Crippen molar-refractivity contribution in [3.63, 3.8) is 0 Å². The van der Waals surface area contributed by atoms with Gasteiger partial charge in [-0.15, -0.1) is 0 Å². The van der Waals surface area contributed by atoms with Crippen LogP contribution in [0.2, 0.25) is 0 Å². The normalized spacial score (nSPS) is 15.9. The van der Waals surface area contributed by atoms with Gasteiger partial charge < -0.3 is 20.1 Å². The summed E-state index contributed by atoms with van der Waals surface area (Å²) in [4.78, 5) is 17.5. The van der Waals surface area contributed by atoms with Gasteiger partial charge in [0.1, 0.15) is 5.82 Å². The molecule has 0 amide bonds. The van der Waals surface area contributed by atoms with Gasteiger partial charge in [0, 0.05) is 32.0 Å². The topological polar surface area (TPSA) is 74.7 Å². The van der Waals surface area contributed by atoms with Gasteiger partial charge in [-0.1, -0.05) is 26.8 Å². The minimum absolute atomic E-state index is 0.0208. The van der Waals surface area contributed by atoms with Crippen molar-refractivity contribution in [1.82, 2.24) is 4.98 Å². The minimum Gasteiger partial charge on any atom is -0.481 e. The Morgan fingerprint density at radius 1 is 1.21 bits per heavy atom. The number of aromatic nitrogens is 1. The van der Waals surface area contributed by atoms with E-state index in [1.807, 2.05) is 25.1 Å². The summed E-state index contributed by atoms with van der Waals surface area (Å²) in [5, 5.41) is 12.4. The number of carboxylic acid groups (broad SMARTS) is 1. The van der Waals surface area contributed by atoms with E-state index in [0.29, 0.717) is 24.8 Å². The summed E-state index contributed by atoms with van der Waals surface area (Å²) in [6.45, 7) is 8.27. The van der Waals surface area contributed by atoms with E-state index in [2.05, 4.69) is 29.0 Å². The van der Waals surface area contributed by atoms with Crippen LogP contribution in [0.5, 0.6) is 0 Å². The number of carbonyl (C=O) groups is 1. The Kier molecular flexibility index (Phi) is 8.41. The highest BCUT2D eigenvalue weighted by molar-refractivity contribution is 5.76. The van der Waals surface area contributed by atoms with Crippen LogP contribution in [0.1, 0.15) is 57.1 Å². The van der Waals surface area contributed by atoms with E-state index < -0.39 is 17.7 Å². The molecule has 1 saturated heterocycles. The van der Waals surface area contributed by atoms with Crippen LogP contribution in [0.25, 0.3) is 0 Å². The quantitative estimate of drug-likeness (QED) is 0.455. The third-order valence-corrected chi connectivity index (χ3v) is 5.93. The molecule has 1 aliphatic heterocycles. The Labute approximate surface area is 198 Å². The molecular weight excluding hydrogens is 447 g/mol. The fraction of sp³-hybridized carbons (Fsp3) is 0.520. The van der Waals surface area contributed by atoms with Gasteiger partial charge in [0.05, 0.1) is 23.4 Å². The number of carboxylic acids is 1. The lowest BCUT2D eigenvalue weighted by Crippen LogP contribution is -2.42. The largest absolute Gasteiger partial charge is 0.481 e. The second kappa shape index (κ2) is 11.1. The second-order valence-electron chi connectivity index (χ2n) is 9.22. The van der Waals surface area contributed by atoms with Gasteiger partial charge >= 0.3 is 12.1 Å².